The predicted octanol–water partition coefficient (Wildman–Crippen LogP) is 2.74. The molecule has 15 heavy (non-hydrogen) atoms. The summed E-state index contributed by atoms with van der Waals surface area (Å²) in [7, 11) is 0. The maximum absolute atomic E-state index is 9.27. The molecule has 0 unspecified atom stereocenters. The standard InChI is InChI=1S/C12H13NOS/c14-11-4-1-3-10(7-11)8-13-9-12-5-2-6-15-12/h1-7,13-14H,8-9H2. The van der Waals surface area contributed by atoms with Gasteiger partial charge in [-0.15, -0.1) is 11.3 Å². The van der Waals surface area contributed by atoms with Crippen molar-refractivity contribution in [3.05, 3.63) is 52.2 Å². The van der Waals surface area contributed by atoms with Crippen LogP contribution in [0.25, 0.3) is 0 Å². The van der Waals surface area contributed by atoms with Gasteiger partial charge in [-0.2, -0.15) is 0 Å². The fourth-order valence-corrected chi connectivity index (χ4v) is 2.08. The molecule has 0 amide bonds. The summed E-state index contributed by atoms with van der Waals surface area (Å²) in [6.07, 6.45) is 0. The first-order valence-corrected chi connectivity index (χ1v) is 5.73. The molecule has 0 aliphatic carbocycles. The Labute approximate surface area is 93.2 Å². The second-order valence-corrected chi connectivity index (χ2v) is 4.39. The van der Waals surface area contributed by atoms with Gasteiger partial charge in [0, 0.05) is 18.0 Å². The third kappa shape index (κ3) is 3.08. The highest BCUT2D eigenvalue weighted by Gasteiger charge is 1.95. The van der Waals surface area contributed by atoms with E-state index in [1.165, 1.54) is 4.88 Å². The summed E-state index contributed by atoms with van der Waals surface area (Å²) in [6.45, 7) is 1.67. The van der Waals surface area contributed by atoms with Gasteiger partial charge >= 0.3 is 0 Å². The van der Waals surface area contributed by atoms with Gasteiger partial charge in [0.05, 0.1) is 0 Å². The summed E-state index contributed by atoms with van der Waals surface area (Å²) in [5.41, 5.74) is 1.10. The molecule has 0 bridgehead atoms. The van der Waals surface area contributed by atoms with E-state index >= 15 is 0 Å². The van der Waals surface area contributed by atoms with Crippen molar-refractivity contribution in [2.75, 3.05) is 0 Å². The van der Waals surface area contributed by atoms with Gasteiger partial charge in [-0.05, 0) is 29.1 Å². The smallest absolute Gasteiger partial charge is 0.115 e. The van der Waals surface area contributed by atoms with E-state index in [1.54, 1.807) is 23.5 Å². The van der Waals surface area contributed by atoms with Crippen molar-refractivity contribution >= 4 is 11.3 Å². The highest BCUT2D eigenvalue weighted by Crippen LogP contribution is 2.11. The molecule has 1 aromatic heterocycles. The minimum absolute atomic E-state index is 0.324. The van der Waals surface area contributed by atoms with Crippen LogP contribution in [0.5, 0.6) is 5.75 Å². The largest absolute Gasteiger partial charge is 0.508 e. The monoisotopic (exact) mass is 219 g/mol. The van der Waals surface area contributed by atoms with E-state index in [4.69, 9.17) is 0 Å². The molecule has 0 atom stereocenters. The Morgan fingerprint density at radius 1 is 1.13 bits per heavy atom. The van der Waals surface area contributed by atoms with Crippen LogP contribution in [0.1, 0.15) is 10.4 Å². The predicted molar refractivity (Wildman–Crippen MR) is 63.0 cm³/mol. The van der Waals surface area contributed by atoms with Crippen molar-refractivity contribution in [2.45, 2.75) is 13.1 Å². The molecule has 2 rings (SSSR count). The number of thiophene rings is 1. The zero-order valence-corrected chi connectivity index (χ0v) is 9.13. The normalized spacial score (nSPS) is 10.4. The average molecular weight is 219 g/mol. The second-order valence-electron chi connectivity index (χ2n) is 3.35. The van der Waals surface area contributed by atoms with Crippen molar-refractivity contribution in [3.63, 3.8) is 0 Å². The second kappa shape index (κ2) is 4.96. The van der Waals surface area contributed by atoms with E-state index in [9.17, 15) is 5.11 Å². The zero-order valence-electron chi connectivity index (χ0n) is 8.31. The molecule has 3 heteroatoms. The highest BCUT2D eigenvalue weighted by molar-refractivity contribution is 7.09. The number of rotatable bonds is 4. The van der Waals surface area contributed by atoms with E-state index in [0.717, 1.165) is 18.7 Å². The quantitative estimate of drug-likeness (QED) is 0.828. The molecule has 0 aliphatic rings. The number of aromatic hydroxyl groups is 1. The summed E-state index contributed by atoms with van der Waals surface area (Å²) in [5, 5.41) is 14.7. The van der Waals surface area contributed by atoms with Gasteiger partial charge in [0.25, 0.3) is 0 Å². The summed E-state index contributed by atoms with van der Waals surface area (Å²) >= 11 is 1.75. The number of hydrogen-bond acceptors (Lipinski definition) is 3. The first-order chi connectivity index (χ1) is 7.34. The number of nitrogens with one attached hydrogen (secondary N) is 1. The molecular weight excluding hydrogens is 206 g/mol. The van der Waals surface area contributed by atoms with Crippen molar-refractivity contribution < 1.29 is 5.11 Å². The Balaban J connectivity index is 1.83. The SMILES string of the molecule is Oc1cccc(CNCc2cccs2)c1. The summed E-state index contributed by atoms with van der Waals surface area (Å²) < 4.78 is 0. The van der Waals surface area contributed by atoms with E-state index in [1.807, 2.05) is 12.1 Å². The van der Waals surface area contributed by atoms with Crippen molar-refractivity contribution in [2.24, 2.45) is 0 Å². The molecular formula is C12H13NOS. The van der Waals surface area contributed by atoms with Crippen LogP contribution < -0.4 is 5.32 Å². The molecule has 0 saturated carbocycles. The first kappa shape index (κ1) is 10.2. The maximum Gasteiger partial charge on any atom is 0.115 e. The van der Waals surface area contributed by atoms with Crippen LogP contribution in [0.2, 0.25) is 0 Å². The number of benzene rings is 1. The number of phenolic OH excluding ortho intramolecular Hbond substituents is 1. The molecule has 2 aromatic rings. The topological polar surface area (TPSA) is 32.3 Å². The van der Waals surface area contributed by atoms with E-state index in [0.29, 0.717) is 5.75 Å². The number of phenols is 1. The molecule has 0 aliphatic heterocycles. The lowest BCUT2D eigenvalue weighted by Gasteiger charge is -2.03. The van der Waals surface area contributed by atoms with Crippen LogP contribution in [0.3, 0.4) is 0 Å². The van der Waals surface area contributed by atoms with Crippen LogP contribution in [-0.4, -0.2) is 5.11 Å². The summed E-state index contributed by atoms with van der Waals surface area (Å²) in [5.74, 6) is 0.324. The Kier molecular flexibility index (Phi) is 3.37. The third-order valence-corrected chi connectivity index (χ3v) is 3.00. The lowest BCUT2D eigenvalue weighted by atomic mass is 10.2. The van der Waals surface area contributed by atoms with Crippen LogP contribution in [0.15, 0.2) is 41.8 Å². The molecule has 0 radical (unpaired) electrons. The van der Waals surface area contributed by atoms with Crippen LogP contribution in [0, 0.1) is 0 Å². The van der Waals surface area contributed by atoms with Crippen molar-refractivity contribution in [1.29, 1.82) is 0 Å². The molecule has 0 saturated heterocycles. The number of hydrogen-bond donors (Lipinski definition) is 2. The molecule has 0 spiro atoms. The molecule has 2 N–H and O–H groups in total. The minimum Gasteiger partial charge on any atom is -0.508 e. The van der Waals surface area contributed by atoms with Crippen molar-refractivity contribution in [3.8, 4) is 5.75 Å². The Morgan fingerprint density at radius 3 is 2.80 bits per heavy atom. The van der Waals surface area contributed by atoms with Gasteiger partial charge in [-0.25, -0.2) is 0 Å². The van der Waals surface area contributed by atoms with Gasteiger partial charge in [0.2, 0.25) is 0 Å². The van der Waals surface area contributed by atoms with Gasteiger partial charge in [0.15, 0.2) is 0 Å². The molecule has 0 fully saturated rings. The van der Waals surface area contributed by atoms with Crippen LogP contribution in [-0.2, 0) is 13.1 Å². The molecule has 1 aromatic carbocycles. The highest BCUT2D eigenvalue weighted by atomic mass is 32.1. The lowest BCUT2D eigenvalue weighted by Crippen LogP contribution is -2.11. The molecule has 1 heterocycles. The van der Waals surface area contributed by atoms with Gasteiger partial charge in [-0.3, -0.25) is 0 Å². The Hall–Kier alpha value is -1.32. The summed E-state index contributed by atoms with van der Waals surface area (Å²) in [6, 6.07) is 11.5. The van der Waals surface area contributed by atoms with Gasteiger partial charge < -0.3 is 10.4 Å². The van der Waals surface area contributed by atoms with Crippen molar-refractivity contribution in [1.82, 2.24) is 5.32 Å². The van der Waals surface area contributed by atoms with Crippen LogP contribution >= 0.6 is 11.3 Å². The third-order valence-electron chi connectivity index (χ3n) is 2.12. The van der Waals surface area contributed by atoms with E-state index in [2.05, 4.69) is 22.8 Å². The van der Waals surface area contributed by atoms with Gasteiger partial charge in [0.1, 0.15) is 5.75 Å². The maximum atomic E-state index is 9.27. The fourth-order valence-electron chi connectivity index (χ4n) is 1.41. The Bertz CT molecular complexity index is 411. The molecule has 78 valence electrons. The average Bonchev–Trinajstić information content (AvgIpc) is 2.71. The Morgan fingerprint density at radius 2 is 2.07 bits per heavy atom. The first-order valence-electron chi connectivity index (χ1n) is 4.85. The van der Waals surface area contributed by atoms with Gasteiger partial charge in [-0.1, -0.05) is 18.2 Å². The van der Waals surface area contributed by atoms with Crippen LogP contribution in [0.4, 0.5) is 0 Å². The zero-order chi connectivity index (χ0) is 10.5. The van der Waals surface area contributed by atoms with E-state index < -0.39 is 0 Å². The van der Waals surface area contributed by atoms with E-state index in [-0.39, 0.29) is 0 Å². The molecule has 2 nitrogen and oxygen atoms in total. The summed E-state index contributed by atoms with van der Waals surface area (Å²) in [4.78, 5) is 1.33. The minimum atomic E-state index is 0.324. The fraction of sp³-hybridized carbons (Fsp3) is 0.167. The lowest BCUT2D eigenvalue weighted by molar-refractivity contribution is 0.474.